The van der Waals surface area contributed by atoms with Gasteiger partial charge in [0.1, 0.15) is 6.10 Å². The Morgan fingerprint density at radius 2 is 2.45 bits per heavy atom. The molecule has 1 aliphatic heterocycles. The molecule has 1 rings (SSSR count). The normalized spacial score (nSPS) is 25.5. The van der Waals surface area contributed by atoms with E-state index in [0.717, 1.165) is 19.4 Å². The van der Waals surface area contributed by atoms with Crippen LogP contribution < -0.4 is 5.32 Å². The smallest absolute Gasteiger partial charge is 0.249 e. The van der Waals surface area contributed by atoms with Gasteiger partial charge in [0.25, 0.3) is 0 Å². The SMILES string of the molecule is CCC(C)NC(=O)C1CCO1. The molecule has 2 atom stereocenters. The van der Waals surface area contributed by atoms with Gasteiger partial charge in [-0.3, -0.25) is 4.79 Å². The Balaban J connectivity index is 2.19. The molecule has 3 nitrogen and oxygen atoms in total. The number of nitrogens with one attached hydrogen (secondary N) is 1. The van der Waals surface area contributed by atoms with Crippen LogP contribution in [0, 0.1) is 0 Å². The number of rotatable bonds is 3. The van der Waals surface area contributed by atoms with E-state index in [0.29, 0.717) is 0 Å². The minimum Gasteiger partial charge on any atom is -0.368 e. The summed E-state index contributed by atoms with van der Waals surface area (Å²) in [4.78, 5) is 11.2. The van der Waals surface area contributed by atoms with Gasteiger partial charge in [0.2, 0.25) is 5.91 Å². The van der Waals surface area contributed by atoms with Crippen LogP contribution in [0.4, 0.5) is 0 Å². The Bertz CT molecular complexity index is 143. The summed E-state index contributed by atoms with van der Waals surface area (Å²) in [5.41, 5.74) is 0. The summed E-state index contributed by atoms with van der Waals surface area (Å²) in [6.07, 6.45) is 1.68. The number of carbonyl (C=O) groups is 1. The second kappa shape index (κ2) is 3.72. The van der Waals surface area contributed by atoms with Crippen LogP contribution in [0.3, 0.4) is 0 Å². The first-order chi connectivity index (χ1) is 5.24. The lowest BCUT2D eigenvalue weighted by molar-refractivity contribution is -0.145. The van der Waals surface area contributed by atoms with E-state index in [1.165, 1.54) is 0 Å². The first kappa shape index (κ1) is 8.53. The summed E-state index contributed by atoms with van der Waals surface area (Å²) in [5.74, 6) is 0.0469. The van der Waals surface area contributed by atoms with E-state index in [-0.39, 0.29) is 18.1 Å². The Morgan fingerprint density at radius 1 is 1.82 bits per heavy atom. The van der Waals surface area contributed by atoms with Gasteiger partial charge in [-0.2, -0.15) is 0 Å². The lowest BCUT2D eigenvalue weighted by atomic mass is 10.1. The first-order valence-electron chi connectivity index (χ1n) is 4.16. The Hall–Kier alpha value is -0.570. The van der Waals surface area contributed by atoms with E-state index in [1.807, 2.05) is 13.8 Å². The van der Waals surface area contributed by atoms with E-state index in [9.17, 15) is 4.79 Å². The number of amides is 1. The maximum absolute atomic E-state index is 11.2. The van der Waals surface area contributed by atoms with Crippen molar-refractivity contribution >= 4 is 5.91 Å². The fourth-order valence-electron chi connectivity index (χ4n) is 0.880. The third-order valence-corrected chi connectivity index (χ3v) is 1.99. The molecule has 11 heavy (non-hydrogen) atoms. The van der Waals surface area contributed by atoms with Crippen molar-refractivity contribution in [2.24, 2.45) is 0 Å². The van der Waals surface area contributed by atoms with Gasteiger partial charge >= 0.3 is 0 Å². The third kappa shape index (κ3) is 2.19. The fraction of sp³-hybridized carbons (Fsp3) is 0.875. The van der Waals surface area contributed by atoms with Crippen LogP contribution in [0.15, 0.2) is 0 Å². The largest absolute Gasteiger partial charge is 0.368 e. The molecule has 0 aliphatic carbocycles. The Kier molecular flexibility index (Phi) is 2.88. The maximum atomic E-state index is 11.2. The van der Waals surface area contributed by atoms with Gasteiger partial charge in [-0.1, -0.05) is 6.92 Å². The van der Waals surface area contributed by atoms with Gasteiger partial charge in [-0.25, -0.2) is 0 Å². The van der Waals surface area contributed by atoms with Gasteiger partial charge in [-0.15, -0.1) is 0 Å². The van der Waals surface area contributed by atoms with Gasteiger partial charge in [0, 0.05) is 12.5 Å². The quantitative estimate of drug-likeness (QED) is 0.654. The van der Waals surface area contributed by atoms with Crippen molar-refractivity contribution in [2.75, 3.05) is 6.61 Å². The van der Waals surface area contributed by atoms with E-state index in [4.69, 9.17) is 4.74 Å². The van der Waals surface area contributed by atoms with E-state index in [1.54, 1.807) is 0 Å². The van der Waals surface area contributed by atoms with E-state index < -0.39 is 0 Å². The van der Waals surface area contributed by atoms with E-state index in [2.05, 4.69) is 5.32 Å². The minimum atomic E-state index is -0.163. The zero-order valence-corrected chi connectivity index (χ0v) is 7.09. The van der Waals surface area contributed by atoms with E-state index >= 15 is 0 Å². The highest BCUT2D eigenvalue weighted by Gasteiger charge is 2.26. The van der Waals surface area contributed by atoms with Crippen LogP contribution in [0.5, 0.6) is 0 Å². The van der Waals surface area contributed by atoms with Crippen molar-refractivity contribution in [3.8, 4) is 0 Å². The first-order valence-corrected chi connectivity index (χ1v) is 4.16. The number of ether oxygens (including phenoxy) is 1. The van der Waals surface area contributed by atoms with Crippen molar-refractivity contribution in [1.82, 2.24) is 5.32 Å². The molecule has 1 fully saturated rings. The summed E-state index contributed by atoms with van der Waals surface area (Å²) in [5, 5.41) is 2.87. The molecule has 64 valence electrons. The minimum absolute atomic E-state index is 0.0469. The predicted molar refractivity (Wildman–Crippen MR) is 42.3 cm³/mol. The molecule has 1 N–H and O–H groups in total. The van der Waals surface area contributed by atoms with Crippen LogP contribution in [-0.2, 0) is 9.53 Å². The maximum Gasteiger partial charge on any atom is 0.249 e. The molecule has 1 amide bonds. The molecule has 0 radical (unpaired) electrons. The molecule has 1 saturated heterocycles. The molecule has 0 aromatic carbocycles. The summed E-state index contributed by atoms with van der Waals surface area (Å²) in [7, 11) is 0. The Morgan fingerprint density at radius 3 is 2.82 bits per heavy atom. The number of carbonyl (C=O) groups excluding carboxylic acids is 1. The molecule has 3 heteroatoms. The monoisotopic (exact) mass is 157 g/mol. The average molecular weight is 157 g/mol. The molecular formula is C8H15NO2. The molecule has 1 heterocycles. The molecule has 0 bridgehead atoms. The standard InChI is InChI=1S/C8H15NO2/c1-3-6(2)9-8(10)7-4-5-11-7/h6-7H,3-5H2,1-2H3,(H,9,10). The van der Waals surface area contributed by atoms with Crippen LogP contribution in [0.2, 0.25) is 0 Å². The average Bonchev–Trinajstić information content (AvgIpc) is 1.83. The van der Waals surface area contributed by atoms with Crippen LogP contribution in [0.1, 0.15) is 26.7 Å². The summed E-state index contributed by atoms with van der Waals surface area (Å²) in [6, 6.07) is 0.270. The van der Waals surface area contributed by atoms with Crippen molar-refractivity contribution in [2.45, 2.75) is 38.8 Å². The summed E-state index contributed by atoms with van der Waals surface area (Å²) in [6.45, 7) is 4.78. The lowest BCUT2D eigenvalue weighted by Crippen LogP contribution is -2.45. The molecule has 0 aromatic rings. The molecular weight excluding hydrogens is 142 g/mol. The highest BCUT2D eigenvalue weighted by atomic mass is 16.5. The zero-order valence-electron chi connectivity index (χ0n) is 7.09. The highest BCUT2D eigenvalue weighted by molar-refractivity contribution is 5.81. The van der Waals surface area contributed by atoms with Gasteiger partial charge < -0.3 is 10.1 Å². The molecule has 0 spiro atoms. The van der Waals surface area contributed by atoms with Crippen LogP contribution in [-0.4, -0.2) is 24.7 Å². The fourth-order valence-corrected chi connectivity index (χ4v) is 0.880. The van der Waals surface area contributed by atoms with Crippen molar-refractivity contribution in [1.29, 1.82) is 0 Å². The van der Waals surface area contributed by atoms with Gasteiger partial charge in [0.15, 0.2) is 0 Å². The second-order valence-electron chi connectivity index (χ2n) is 2.97. The third-order valence-electron chi connectivity index (χ3n) is 1.99. The van der Waals surface area contributed by atoms with Crippen molar-refractivity contribution < 1.29 is 9.53 Å². The molecule has 0 saturated carbocycles. The van der Waals surface area contributed by atoms with Crippen molar-refractivity contribution in [3.05, 3.63) is 0 Å². The Labute approximate surface area is 67.1 Å². The predicted octanol–water partition coefficient (Wildman–Crippen LogP) is 0.690. The summed E-state index contributed by atoms with van der Waals surface area (Å²) >= 11 is 0. The molecule has 0 aromatic heterocycles. The van der Waals surface area contributed by atoms with Crippen LogP contribution in [0.25, 0.3) is 0 Å². The van der Waals surface area contributed by atoms with Gasteiger partial charge in [0.05, 0.1) is 6.61 Å². The van der Waals surface area contributed by atoms with Crippen LogP contribution >= 0.6 is 0 Å². The summed E-state index contributed by atoms with van der Waals surface area (Å²) < 4.78 is 5.03. The topological polar surface area (TPSA) is 38.3 Å². The van der Waals surface area contributed by atoms with Gasteiger partial charge in [-0.05, 0) is 13.3 Å². The molecule has 2 unspecified atom stereocenters. The highest BCUT2D eigenvalue weighted by Crippen LogP contribution is 2.10. The second-order valence-corrected chi connectivity index (χ2v) is 2.97. The zero-order chi connectivity index (χ0) is 8.27. The molecule has 1 aliphatic rings. The number of hydrogen-bond acceptors (Lipinski definition) is 2. The lowest BCUT2D eigenvalue weighted by Gasteiger charge is -2.26. The van der Waals surface area contributed by atoms with Crippen molar-refractivity contribution in [3.63, 3.8) is 0 Å². The number of hydrogen-bond donors (Lipinski definition) is 1.